The molecule has 0 amide bonds. The summed E-state index contributed by atoms with van der Waals surface area (Å²) in [6.45, 7) is 2.07. The van der Waals surface area contributed by atoms with Gasteiger partial charge in [-0.25, -0.2) is 4.79 Å². The van der Waals surface area contributed by atoms with Crippen LogP contribution in [0.1, 0.15) is 21.5 Å². The molecule has 0 spiro atoms. The molecule has 0 aromatic heterocycles. The normalized spacial score (nSPS) is 10.4. The topological polar surface area (TPSA) is 37.3 Å². The Balaban J connectivity index is 2.12. The van der Waals surface area contributed by atoms with Crippen molar-refractivity contribution in [2.75, 3.05) is 0 Å². The Morgan fingerprint density at radius 2 is 2.05 bits per heavy atom. The molecule has 0 saturated carbocycles. The van der Waals surface area contributed by atoms with E-state index in [2.05, 4.69) is 41.1 Å². The van der Waals surface area contributed by atoms with Crippen molar-refractivity contribution in [2.24, 2.45) is 0 Å². The highest BCUT2D eigenvalue weighted by molar-refractivity contribution is 9.10. The van der Waals surface area contributed by atoms with Crippen molar-refractivity contribution in [3.63, 3.8) is 0 Å². The number of carboxylic acids is 1. The van der Waals surface area contributed by atoms with Gasteiger partial charge in [0.2, 0.25) is 0 Å². The molecule has 0 radical (unpaired) electrons. The van der Waals surface area contributed by atoms with Crippen LogP contribution >= 0.6 is 27.7 Å². The Hall–Kier alpha value is -1.26. The molecule has 98 valence electrons. The van der Waals surface area contributed by atoms with Crippen molar-refractivity contribution in [1.82, 2.24) is 0 Å². The summed E-state index contributed by atoms with van der Waals surface area (Å²) < 4.78 is 0.611. The summed E-state index contributed by atoms with van der Waals surface area (Å²) in [7, 11) is 0. The van der Waals surface area contributed by atoms with Crippen LogP contribution in [-0.4, -0.2) is 11.1 Å². The van der Waals surface area contributed by atoms with Crippen LogP contribution in [0.15, 0.2) is 51.8 Å². The quantitative estimate of drug-likeness (QED) is 0.818. The molecule has 2 aromatic carbocycles. The summed E-state index contributed by atoms with van der Waals surface area (Å²) in [6.07, 6.45) is 0. The Morgan fingerprint density at radius 3 is 2.74 bits per heavy atom. The maximum absolute atomic E-state index is 11.1. The summed E-state index contributed by atoms with van der Waals surface area (Å²) >= 11 is 4.88. The van der Waals surface area contributed by atoms with Crippen molar-refractivity contribution in [1.29, 1.82) is 0 Å². The highest BCUT2D eigenvalue weighted by Gasteiger charge is 2.09. The van der Waals surface area contributed by atoms with E-state index in [0.29, 0.717) is 10.0 Å². The third-order valence-electron chi connectivity index (χ3n) is 2.66. The summed E-state index contributed by atoms with van der Waals surface area (Å²) in [5.41, 5.74) is 2.78. The fourth-order valence-corrected chi connectivity index (χ4v) is 3.02. The van der Waals surface area contributed by atoms with E-state index < -0.39 is 5.97 Å². The molecule has 0 heterocycles. The van der Waals surface area contributed by atoms with Gasteiger partial charge in [-0.3, -0.25) is 0 Å². The molecule has 4 heteroatoms. The smallest absolute Gasteiger partial charge is 0.336 e. The molecule has 0 atom stereocenters. The number of carboxylic acid groups (broad SMARTS) is 1. The summed E-state index contributed by atoms with van der Waals surface area (Å²) in [5.74, 6) is -0.0765. The van der Waals surface area contributed by atoms with Crippen molar-refractivity contribution in [3.8, 4) is 0 Å². The van der Waals surface area contributed by atoms with Crippen molar-refractivity contribution >= 4 is 33.7 Å². The first-order valence-electron chi connectivity index (χ1n) is 5.77. The molecule has 0 aliphatic heterocycles. The zero-order chi connectivity index (χ0) is 13.8. The minimum absolute atomic E-state index is 0.300. The second kappa shape index (κ2) is 6.26. The molecule has 2 rings (SSSR count). The number of halogens is 1. The van der Waals surface area contributed by atoms with E-state index in [9.17, 15) is 4.79 Å². The largest absolute Gasteiger partial charge is 0.478 e. The number of aryl methyl sites for hydroxylation is 1. The Bertz CT molecular complexity index is 611. The SMILES string of the molecule is Cc1cccc(CSc2ccc(Br)c(C(=O)O)c2)c1. The number of benzene rings is 2. The first kappa shape index (κ1) is 14.2. The van der Waals surface area contributed by atoms with Gasteiger partial charge in [0, 0.05) is 15.1 Å². The maximum atomic E-state index is 11.1. The van der Waals surface area contributed by atoms with Gasteiger partial charge in [0.15, 0.2) is 0 Å². The van der Waals surface area contributed by atoms with Crippen LogP contribution in [0.4, 0.5) is 0 Å². The van der Waals surface area contributed by atoms with Crippen molar-refractivity contribution in [2.45, 2.75) is 17.6 Å². The molecule has 2 aromatic rings. The second-order valence-electron chi connectivity index (χ2n) is 4.22. The molecule has 0 saturated heterocycles. The number of hydrogen-bond acceptors (Lipinski definition) is 2. The lowest BCUT2D eigenvalue weighted by atomic mass is 10.2. The molecule has 19 heavy (non-hydrogen) atoms. The van der Waals surface area contributed by atoms with E-state index in [1.165, 1.54) is 11.1 Å². The lowest BCUT2D eigenvalue weighted by molar-refractivity contribution is 0.0695. The van der Waals surface area contributed by atoms with Gasteiger partial charge in [-0.1, -0.05) is 29.8 Å². The van der Waals surface area contributed by atoms with Crippen LogP contribution < -0.4 is 0 Å². The molecule has 0 aliphatic carbocycles. The Morgan fingerprint density at radius 1 is 1.26 bits per heavy atom. The lowest BCUT2D eigenvalue weighted by Gasteiger charge is -2.05. The van der Waals surface area contributed by atoms with Gasteiger partial charge >= 0.3 is 5.97 Å². The van der Waals surface area contributed by atoms with Gasteiger partial charge in [-0.05, 0) is 46.6 Å². The van der Waals surface area contributed by atoms with Gasteiger partial charge in [0.05, 0.1) is 5.56 Å². The number of aromatic carboxylic acids is 1. The van der Waals surface area contributed by atoms with Crippen LogP contribution in [0.3, 0.4) is 0 Å². The molecular weight excluding hydrogens is 324 g/mol. The first-order valence-corrected chi connectivity index (χ1v) is 7.55. The van der Waals surface area contributed by atoms with E-state index in [1.807, 2.05) is 12.1 Å². The average Bonchev–Trinajstić information content (AvgIpc) is 2.37. The van der Waals surface area contributed by atoms with E-state index in [1.54, 1.807) is 23.9 Å². The van der Waals surface area contributed by atoms with E-state index in [-0.39, 0.29) is 0 Å². The van der Waals surface area contributed by atoms with Gasteiger partial charge in [0.1, 0.15) is 0 Å². The minimum Gasteiger partial charge on any atom is -0.478 e. The predicted molar refractivity (Wildman–Crippen MR) is 81.8 cm³/mol. The Labute approximate surface area is 125 Å². The van der Waals surface area contributed by atoms with E-state index >= 15 is 0 Å². The standard InChI is InChI=1S/C15H13BrO2S/c1-10-3-2-4-11(7-10)9-19-12-5-6-14(16)13(8-12)15(17)18/h2-8H,9H2,1H3,(H,17,18). The molecule has 0 fully saturated rings. The fraction of sp³-hybridized carbons (Fsp3) is 0.133. The third kappa shape index (κ3) is 3.85. The Kier molecular flexibility index (Phi) is 4.66. The van der Waals surface area contributed by atoms with E-state index in [4.69, 9.17) is 5.11 Å². The number of hydrogen-bond donors (Lipinski definition) is 1. The molecule has 0 aliphatic rings. The molecular formula is C15H13BrO2S. The summed E-state index contributed by atoms with van der Waals surface area (Å²) in [4.78, 5) is 12.0. The highest BCUT2D eigenvalue weighted by Crippen LogP contribution is 2.27. The predicted octanol–water partition coefficient (Wildman–Crippen LogP) is 4.75. The highest BCUT2D eigenvalue weighted by atomic mass is 79.9. The molecule has 2 nitrogen and oxygen atoms in total. The monoisotopic (exact) mass is 336 g/mol. The molecule has 1 N–H and O–H groups in total. The second-order valence-corrected chi connectivity index (χ2v) is 6.13. The van der Waals surface area contributed by atoms with Crippen LogP contribution in [0.5, 0.6) is 0 Å². The van der Waals surface area contributed by atoms with Crippen molar-refractivity contribution < 1.29 is 9.90 Å². The number of thioether (sulfide) groups is 1. The molecule has 0 unspecified atom stereocenters. The van der Waals surface area contributed by atoms with Gasteiger partial charge in [-0.15, -0.1) is 11.8 Å². The maximum Gasteiger partial charge on any atom is 0.336 e. The van der Waals surface area contributed by atoms with Gasteiger partial charge < -0.3 is 5.11 Å². The average molecular weight is 337 g/mol. The molecule has 0 bridgehead atoms. The van der Waals surface area contributed by atoms with Gasteiger partial charge in [-0.2, -0.15) is 0 Å². The summed E-state index contributed by atoms with van der Waals surface area (Å²) in [5, 5.41) is 9.07. The fourth-order valence-electron chi connectivity index (χ4n) is 1.73. The van der Waals surface area contributed by atoms with Crippen LogP contribution in [0.25, 0.3) is 0 Å². The summed E-state index contributed by atoms with van der Waals surface area (Å²) in [6, 6.07) is 13.7. The minimum atomic E-state index is -0.912. The number of rotatable bonds is 4. The third-order valence-corrected chi connectivity index (χ3v) is 4.41. The van der Waals surface area contributed by atoms with Crippen LogP contribution in [0.2, 0.25) is 0 Å². The van der Waals surface area contributed by atoms with Gasteiger partial charge in [0.25, 0.3) is 0 Å². The first-order chi connectivity index (χ1) is 9.06. The van der Waals surface area contributed by atoms with Crippen LogP contribution in [0, 0.1) is 6.92 Å². The number of carbonyl (C=O) groups is 1. The van der Waals surface area contributed by atoms with E-state index in [0.717, 1.165) is 10.6 Å². The lowest BCUT2D eigenvalue weighted by Crippen LogP contribution is -1.97. The van der Waals surface area contributed by atoms with Crippen molar-refractivity contribution in [3.05, 3.63) is 63.6 Å². The zero-order valence-electron chi connectivity index (χ0n) is 10.4. The zero-order valence-corrected chi connectivity index (χ0v) is 12.8. The van der Waals surface area contributed by atoms with Crippen LogP contribution in [-0.2, 0) is 5.75 Å².